The molecule has 11 heteroatoms. The molecule has 1 saturated heterocycles. The summed E-state index contributed by atoms with van der Waals surface area (Å²) in [7, 11) is 7.62. The van der Waals surface area contributed by atoms with Crippen LogP contribution in [-0.2, 0) is 16.2 Å². The Kier molecular flexibility index (Phi) is 12.5. The van der Waals surface area contributed by atoms with E-state index in [1.54, 1.807) is 37.3 Å². The van der Waals surface area contributed by atoms with Gasteiger partial charge in [0.1, 0.15) is 11.9 Å². The molecule has 272 valence electrons. The van der Waals surface area contributed by atoms with Crippen LogP contribution in [0.25, 0.3) is 11.1 Å². The van der Waals surface area contributed by atoms with Crippen molar-refractivity contribution in [3.8, 4) is 11.1 Å². The minimum atomic E-state index is -0.887. The topological polar surface area (TPSA) is 123 Å². The molecular formula is C38H59FN6O4. The van der Waals surface area contributed by atoms with E-state index in [2.05, 4.69) is 45.3 Å². The highest BCUT2D eigenvalue weighted by atomic mass is 19.1. The number of aliphatic hydroxyl groups excluding tert-OH is 1. The molecule has 4 rings (SSSR count). The smallest absolute Gasteiger partial charge is 0.251 e. The number of benzene rings is 2. The molecule has 2 fully saturated rings. The van der Waals surface area contributed by atoms with Gasteiger partial charge in [0.15, 0.2) is 0 Å². The molecule has 2 aromatic rings. The maximum Gasteiger partial charge on any atom is 0.251 e. The van der Waals surface area contributed by atoms with Gasteiger partial charge in [-0.1, -0.05) is 52.8 Å². The second-order valence-electron chi connectivity index (χ2n) is 15.4. The lowest BCUT2D eigenvalue weighted by molar-refractivity contribution is -0.174. The number of amides is 2. The molecule has 5 N–H and O–H groups in total. The fraction of sp³-hybridized carbons (Fsp3) is 0.632. The van der Waals surface area contributed by atoms with Crippen molar-refractivity contribution in [3.63, 3.8) is 0 Å². The molecule has 1 aliphatic heterocycles. The van der Waals surface area contributed by atoms with Crippen molar-refractivity contribution in [3.05, 3.63) is 53.3 Å². The Bertz CT molecular complexity index is 1470. The Balaban J connectivity index is 1.65. The summed E-state index contributed by atoms with van der Waals surface area (Å²) >= 11 is 0. The average molecular weight is 683 g/mol. The lowest BCUT2D eigenvalue weighted by Gasteiger charge is -2.50. The highest BCUT2D eigenvalue weighted by Crippen LogP contribution is 2.47. The number of carbonyl (C=O) groups is 2. The van der Waals surface area contributed by atoms with Gasteiger partial charge in [-0.25, -0.2) is 4.39 Å². The zero-order chi connectivity index (χ0) is 36.4. The molecule has 49 heavy (non-hydrogen) atoms. The predicted octanol–water partition coefficient (Wildman–Crippen LogP) is 4.11. The van der Waals surface area contributed by atoms with Crippen LogP contribution < -0.4 is 21.3 Å². The summed E-state index contributed by atoms with van der Waals surface area (Å²) in [4.78, 5) is 37.4. The van der Waals surface area contributed by atoms with Crippen LogP contribution in [0.15, 0.2) is 36.4 Å². The van der Waals surface area contributed by atoms with E-state index in [0.29, 0.717) is 47.2 Å². The maximum absolute atomic E-state index is 16.5. The number of anilines is 1. The molecule has 0 radical (unpaired) electrons. The molecule has 2 aromatic carbocycles. The fourth-order valence-corrected chi connectivity index (χ4v) is 7.50. The number of carbonyl (C=O) groups excluding carboxylic acids is 2. The first-order valence-electron chi connectivity index (χ1n) is 17.6. The number of hydrogen-bond acceptors (Lipinski definition) is 8. The second kappa shape index (κ2) is 15.9. The highest BCUT2D eigenvalue weighted by molar-refractivity contribution is 5.97. The van der Waals surface area contributed by atoms with Gasteiger partial charge in [0.25, 0.3) is 5.91 Å². The third-order valence-electron chi connectivity index (χ3n) is 11.5. The lowest BCUT2D eigenvalue weighted by Crippen LogP contribution is -2.57. The summed E-state index contributed by atoms with van der Waals surface area (Å²) in [5.74, 6) is -0.543. The van der Waals surface area contributed by atoms with Crippen LogP contribution in [0, 0.1) is 34.9 Å². The zero-order valence-corrected chi connectivity index (χ0v) is 31.1. The number of hydrogen-bond donors (Lipinski definition) is 4. The summed E-state index contributed by atoms with van der Waals surface area (Å²) < 4.78 is 16.5. The van der Waals surface area contributed by atoms with Crippen molar-refractivity contribution in [1.29, 1.82) is 0 Å². The van der Waals surface area contributed by atoms with Crippen molar-refractivity contribution in [2.75, 3.05) is 52.7 Å². The van der Waals surface area contributed by atoms with E-state index in [4.69, 9.17) is 10.6 Å². The molecule has 1 aliphatic carbocycles. The first-order chi connectivity index (χ1) is 23.0. The van der Waals surface area contributed by atoms with Gasteiger partial charge in [-0.3, -0.25) is 14.4 Å². The minimum absolute atomic E-state index is 0.0389. The zero-order valence-electron chi connectivity index (χ0n) is 31.1. The Morgan fingerprint density at radius 3 is 2.45 bits per heavy atom. The number of aliphatic hydroxyl groups is 1. The number of nitrogens with two attached hydrogens (primary N) is 1. The van der Waals surface area contributed by atoms with Gasteiger partial charge in [0, 0.05) is 68.1 Å². The number of halogens is 1. The Hall–Kier alpha value is -3.09. The van der Waals surface area contributed by atoms with Crippen molar-refractivity contribution < 1.29 is 23.9 Å². The molecule has 0 unspecified atom stereocenters. The molecular weight excluding hydrogens is 623 g/mol. The average Bonchev–Trinajstić information content (AvgIpc) is 3.42. The molecule has 10 nitrogen and oxygen atoms in total. The van der Waals surface area contributed by atoms with Crippen LogP contribution >= 0.6 is 0 Å². The number of nitrogens with zero attached hydrogens (tertiary/aromatic N) is 3. The van der Waals surface area contributed by atoms with E-state index in [1.165, 1.54) is 5.06 Å². The van der Waals surface area contributed by atoms with E-state index >= 15 is 4.39 Å². The molecule has 0 aromatic heterocycles. The minimum Gasteiger partial charge on any atom is -0.393 e. The standard InChI is InChI=1S/C38H59FN6O4/c1-22-16-31(23(2)24(3)38(22,5)6)42-37(48)35-33(25(4)46)32(20-40)49-45(35)21-26-12-11-13-30(34(26)39)27-17-28(19-29(18-27)44(9)10)36(47)41-14-15-43(7)8/h11-13,17-19,22-25,31-33,35,46H,14-16,20-21,40H2,1-10H3,(H,41,47)(H,42,48)/t22-,23+,24+,25+,31+,32+,33-,35+/m1/s1. The molecule has 8 atom stereocenters. The summed E-state index contributed by atoms with van der Waals surface area (Å²) in [5, 5.41) is 18.6. The molecule has 1 heterocycles. The van der Waals surface area contributed by atoms with Gasteiger partial charge in [0.05, 0.1) is 18.8 Å². The van der Waals surface area contributed by atoms with Crippen LogP contribution in [0.5, 0.6) is 0 Å². The monoisotopic (exact) mass is 682 g/mol. The predicted molar refractivity (Wildman–Crippen MR) is 193 cm³/mol. The molecule has 2 amide bonds. The highest BCUT2D eigenvalue weighted by Gasteiger charge is 2.51. The summed E-state index contributed by atoms with van der Waals surface area (Å²) in [6.45, 7) is 14.1. The Labute approximate surface area is 292 Å². The van der Waals surface area contributed by atoms with Crippen LogP contribution in [-0.4, -0.2) is 99.0 Å². The van der Waals surface area contributed by atoms with Crippen molar-refractivity contribution >= 4 is 17.5 Å². The fourth-order valence-electron chi connectivity index (χ4n) is 7.50. The molecule has 0 bridgehead atoms. The SMILES string of the molecule is C[C@@H]1[C@@H](NC(=O)[C@@H]2[C@H]([C@H](C)O)[C@H](CN)ON2Cc2cccc(-c3cc(C(=O)NCCN(C)C)cc(N(C)C)c3)c2F)C[C@@H](C)C(C)(C)[C@H]1C. The van der Waals surface area contributed by atoms with E-state index in [1.807, 2.05) is 44.1 Å². The molecule has 0 spiro atoms. The van der Waals surface area contributed by atoms with Crippen LogP contribution in [0.4, 0.5) is 10.1 Å². The number of hydroxylamine groups is 2. The van der Waals surface area contributed by atoms with Crippen molar-refractivity contribution in [1.82, 2.24) is 20.6 Å². The second-order valence-corrected chi connectivity index (χ2v) is 15.4. The van der Waals surface area contributed by atoms with Gasteiger partial charge in [-0.05, 0) is 74.4 Å². The van der Waals surface area contributed by atoms with Gasteiger partial charge >= 0.3 is 0 Å². The van der Waals surface area contributed by atoms with E-state index in [9.17, 15) is 14.7 Å². The normalized spacial score (nSPS) is 27.6. The summed E-state index contributed by atoms with van der Waals surface area (Å²) in [6.07, 6.45) is -0.662. The van der Waals surface area contributed by atoms with E-state index < -0.39 is 30.0 Å². The van der Waals surface area contributed by atoms with Crippen LogP contribution in [0.3, 0.4) is 0 Å². The third kappa shape index (κ3) is 8.45. The van der Waals surface area contributed by atoms with Crippen LogP contribution in [0.2, 0.25) is 0 Å². The van der Waals surface area contributed by atoms with Gasteiger partial charge in [-0.15, -0.1) is 0 Å². The molecule has 1 saturated carbocycles. The van der Waals surface area contributed by atoms with Crippen molar-refractivity contribution in [2.24, 2.45) is 34.8 Å². The lowest BCUT2D eigenvalue weighted by atomic mass is 9.58. The quantitative estimate of drug-likeness (QED) is 0.264. The van der Waals surface area contributed by atoms with E-state index in [0.717, 1.165) is 12.1 Å². The van der Waals surface area contributed by atoms with Gasteiger partial charge in [0.2, 0.25) is 5.91 Å². The largest absolute Gasteiger partial charge is 0.393 e. The Morgan fingerprint density at radius 1 is 1.14 bits per heavy atom. The van der Waals surface area contributed by atoms with Crippen LogP contribution in [0.1, 0.15) is 63.9 Å². The first kappa shape index (κ1) is 38.7. The number of rotatable bonds is 12. The molecule has 2 aliphatic rings. The number of nitrogens with one attached hydrogen (secondary N) is 2. The summed E-state index contributed by atoms with van der Waals surface area (Å²) in [5.41, 5.74) is 8.63. The van der Waals surface area contributed by atoms with Gasteiger partial charge in [-0.2, -0.15) is 5.06 Å². The third-order valence-corrected chi connectivity index (χ3v) is 11.5. The Morgan fingerprint density at radius 2 is 1.84 bits per heavy atom. The number of likely N-dealkylation sites (N-methyl/N-ethyl adjacent to an activating group) is 1. The van der Waals surface area contributed by atoms with E-state index in [-0.39, 0.29) is 42.3 Å². The maximum atomic E-state index is 16.5. The van der Waals surface area contributed by atoms with Crippen molar-refractivity contribution in [2.45, 2.75) is 78.8 Å². The first-order valence-corrected chi connectivity index (χ1v) is 17.6. The van der Waals surface area contributed by atoms with Gasteiger partial charge < -0.3 is 31.3 Å². The summed E-state index contributed by atoms with van der Waals surface area (Å²) in [6, 6.07) is 9.54.